The van der Waals surface area contributed by atoms with Crippen LogP contribution in [-0.2, 0) is 5.41 Å². The number of aromatic hydroxyl groups is 1. The number of hydrogen-bond donors (Lipinski definition) is 1. The molecule has 0 heterocycles. The van der Waals surface area contributed by atoms with Gasteiger partial charge in [0.15, 0.2) is 0 Å². The summed E-state index contributed by atoms with van der Waals surface area (Å²) < 4.78 is 0. The van der Waals surface area contributed by atoms with Gasteiger partial charge >= 0.3 is 0 Å². The maximum atomic E-state index is 9.36. The van der Waals surface area contributed by atoms with E-state index in [1.807, 2.05) is 12.1 Å². The molecule has 1 nitrogen and oxygen atoms in total. The molecule has 1 heteroatoms. The van der Waals surface area contributed by atoms with Gasteiger partial charge in [-0.3, -0.25) is 0 Å². The molecule has 0 unspecified atom stereocenters. The highest BCUT2D eigenvalue weighted by Gasteiger charge is 2.24. The van der Waals surface area contributed by atoms with Gasteiger partial charge in [-0.25, -0.2) is 0 Å². The third-order valence-electron chi connectivity index (χ3n) is 3.03. The number of phenols is 1. The summed E-state index contributed by atoms with van der Waals surface area (Å²) in [6, 6.07) is 7.52. The van der Waals surface area contributed by atoms with Gasteiger partial charge in [-0.1, -0.05) is 39.8 Å². The smallest absolute Gasteiger partial charge is 0.115 e. The lowest BCUT2D eigenvalue weighted by atomic mass is 9.75. The topological polar surface area (TPSA) is 20.2 Å². The van der Waals surface area contributed by atoms with Gasteiger partial charge in [0.05, 0.1) is 0 Å². The monoisotopic (exact) mass is 178 g/mol. The van der Waals surface area contributed by atoms with Crippen molar-refractivity contribution in [3.63, 3.8) is 0 Å². The number of benzene rings is 1. The minimum absolute atomic E-state index is 0.124. The highest BCUT2D eigenvalue weighted by Crippen LogP contribution is 2.32. The summed E-state index contributed by atoms with van der Waals surface area (Å²) in [5, 5.41) is 9.36. The van der Waals surface area contributed by atoms with Crippen LogP contribution in [0.25, 0.3) is 0 Å². The van der Waals surface area contributed by atoms with Crippen LogP contribution in [0.15, 0.2) is 24.3 Å². The quantitative estimate of drug-likeness (QED) is 0.736. The average molecular weight is 178 g/mol. The predicted molar refractivity (Wildman–Crippen MR) is 56.0 cm³/mol. The Balaban J connectivity index is 3.07. The van der Waals surface area contributed by atoms with E-state index in [9.17, 15) is 5.11 Å². The molecule has 0 spiro atoms. The minimum atomic E-state index is 0.124. The molecule has 0 aliphatic rings. The van der Waals surface area contributed by atoms with Crippen molar-refractivity contribution >= 4 is 0 Å². The van der Waals surface area contributed by atoms with Crippen molar-refractivity contribution in [2.75, 3.05) is 0 Å². The molecule has 0 saturated heterocycles. The fourth-order valence-electron chi connectivity index (χ4n) is 1.24. The Morgan fingerprint density at radius 3 is 2.31 bits per heavy atom. The maximum Gasteiger partial charge on any atom is 0.115 e. The Labute approximate surface area is 80.4 Å². The van der Waals surface area contributed by atoms with Gasteiger partial charge in [0.2, 0.25) is 0 Å². The van der Waals surface area contributed by atoms with Crippen LogP contribution < -0.4 is 0 Å². The second-order valence-corrected chi connectivity index (χ2v) is 4.43. The van der Waals surface area contributed by atoms with Crippen molar-refractivity contribution in [3.8, 4) is 5.75 Å². The van der Waals surface area contributed by atoms with Crippen LogP contribution >= 0.6 is 0 Å². The molecule has 0 amide bonds. The van der Waals surface area contributed by atoms with Gasteiger partial charge in [-0.05, 0) is 29.0 Å². The Kier molecular flexibility index (Phi) is 2.65. The third kappa shape index (κ3) is 2.03. The SMILES string of the molecule is CC(C)C(C)(C)c1cccc(O)c1. The molecule has 1 aromatic carbocycles. The van der Waals surface area contributed by atoms with E-state index in [0.29, 0.717) is 11.7 Å². The maximum absolute atomic E-state index is 9.36. The van der Waals surface area contributed by atoms with Crippen LogP contribution in [0, 0.1) is 5.92 Å². The summed E-state index contributed by atoms with van der Waals surface area (Å²) in [6.45, 7) is 8.80. The van der Waals surface area contributed by atoms with Crippen molar-refractivity contribution in [1.29, 1.82) is 0 Å². The largest absolute Gasteiger partial charge is 0.508 e. The van der Waals surface area contributed by atoms with E-state index in [1.165, 1.54) is 5.56 Å². The zero-order chi connectivity index (χ0) is 10.1. The third-order valence-corrected chi connectivity index (χ3v) is 3.03. The lowest BCUT2D eigenvalue weighted by molar-refractivity contribution is 0.369. The zero-order valence-corrected chi connectivity index (χ0v) is 8.83. The van der Waals surface area contributed by atoms with Crippen molar-refractivity contribution in [3.05, 3.63) is 29.8 Å². The molecule has 0 aliphatic heterocycles. The normalized spacial score (nSPS) is 12.1. The van der Waals surface area contributed by atoms with Crippen molar-refractivity contribution in [2.24, 2.45) is 5.92 Å². The van der Waals surface area contributed by atoms with Gasteiger partial charge < -0.3 is 5.11 Å². The standard InChI is InChI=1S/C12H18O/c1-9(2)12(3,4)10-6-5-7-11(13)8-10/h5-9,13H,1-4H3. The molecular weight excluding hydrogens is 160 g/mol. The minimum Gasteiger partial charge on any atom is -0.508 e. The van der Waals surface area contributed by atoms with Crippen LogP contribution in [0.4, 0.5) is 0 Å². The Morgan fingerprint density at radius 2 is 1.85 bits per heavy atom. The molecule has 0 fully saturated rings. The summed E-state index contributed by atoms with van der Waals surface area (Å²) in [4.78, 5) is 0. The molecule has 0 radical (unpaired) electrons. The van der Waals surface area contributed by atoms with E-state index in [-0.39, 0.29) is 5.41 Å². The molecule has 1 N–H and O–H groups in total. The first kappa shape index (κ1) is 10.1. The molecule has 0 bridgehead atoms. The van der Waals surface area contributed by atoms with Gasteiger partial charge in [-0.2, -0.15) is 0 Å². The first-order valence-corrected chi connectivity index (χ1v) is 4.74. The van der Waals surface area contributed by atoms with Crippen molar-refractivity contribution < 1.29 is 5.11 Å². The number of hydrogen-bond acceptors (Lipinski definition) is 1. The highest BCUT2D eigenvalue weighted by atomic mass is 16.3. The van der Waals surface area contributed by atoms with Gasteiger partial charge in [0.1, 0.15) is 5.75 Å². The molecule has 13 heavy (non-hydrogen) atoms. The zero-order valence-electron chi connectivity index (χ0n) is 8.83. The fraction of sp³-hybridized carbons (Fsp3) is 0.500. The first-order chi connectivity index (χ1) is 5.94. The summed E-state index contributed by atoms with van der Waals surface area (Å²) in [5.74, 6) is 0.917. The van der Waals surface area contributed by atoms with E-state index in [2.05, 4.69) is 33.8 Å². The Morgan fingerprint density at radius 1 is 1.23 bits per heavy atom. The lowest BCUT2D eigenvalue weighted by Gasteiger charge is -2.29. The van der Waals surface area contributed by atoms with Crippen LogP contribution in [-0.4, -0.2) is 5.11 Å². The van der Waals surface area contributed by atoms with Crippen LogP contribution in [0.2, 0.25) is 0 Å². The van der Waals surface area contributed by atoms with Gasteiger partial charge in [0, 0.05) is 0 Å². The Hall–Kier alpha value is -0.980. The summed E-state index contributed by atoms with van der Waals surface area (Å²) in [7, 11) is 0. The molecular formula is C12H18O. The summed E-state index contributed by atoms with van der Waals surface area (Å²) in [5.41, 5.74) is 1.32. The molecule has 0 saturated carbocycles. The lowest BCUT2D eigenvalue weighted by Crippen LogP contribution is -2.24. The van der Waals surface area contributed by atoms with E-state index in [4.69, 9.17) is 0 Å². The molecule has 0 atom stereocenters. The van der Waals surface area contributed by atoms with Gasteiger partial charge in [0.25, 0.3) is 0 Å². The number of phenolic OH excluding ortho intramolecular Hbond substituents is 1. The summed E-state index contributed by atoms with van der Waals surface area (Å²) >= 11 is 0. The Bertz CT molecular complexity index is 287. The van der Waals surface area contributed by atoms with Crippen LogP contribution in [0.1, 0.15) is 33.3 Å². The summed E-state index contributed by atoms with van der Waals surface area (Å²) in [6.07, 6.45) is 0. The molecule has 1 aromatic rings. The first-order valence-electron chi connectivity index (χ1n) is 4.74. The number of rotatable bonds is 2. The molecule has 72 valence electrons. The predicted octanol–water partition coefficient (Wildman–Crippen LogP) is 3.33. The van der Waals surface area contributed by atoms with Gasteiger partial charge in [-0.15, -0.1) is 0 Å². The van der Waals surface area contributed by atoms with E-state index >= 15 is 0 Å². The van der Waals surface area contributed by atoms with Crippen molar-refractivity contribution in [1.82, 2.24) is 0 Å². The van der Waals surface area contributed by atoms with Crippen LogP contribution in [0.3, 0.4) is 0 Å². The van der Waals surface area contributed by atoms with E-state index in [0.717, 1.165) is 0 Å². The van der Waals surface area contributed by atoms with Crippen molar-refractivity contribution in [2.45, 2.75) is 33.1 Å². The van der Waals surface area contributed by atoms with Crippen LogP contribution in [0.5, 0.6) is 5.75 Å². The second-order valence-electron chi connectivity index (χ2n) is 4.43. The average Bonchev–Trinajstić information content (AvgIpc) is 2.04. The van der Waals surface area contributed by atoms with E-state index in [1.54, 1.807) is 6.07 Å². The second kappa shape index (κ2) is 3.41. The molecule has 0 aromatic heterocycles. The molecule has 0 aliphatic carbocycles. The molecule has 1 rings (SSSR count). The highest BCUT2D eigenvalue weighted by molar-refractivity contribution is 5.32. The van der Waals surface area contributed by atoms with E-state index < -0.39 is 0 Å². The fourth-order valence-corrected chi connectivity index (χ4v) is 1.24.